The molecular weight excluding hydrogens is 164 g/mol. The molecule has 2 heteroatoms. The van der Waals surface area contributed by atoms with Crippen molar-refractivity contribution in [1.29, 1.82) is 0 Å². The molecule has 0 fully saturated rings. The molecule has 0 aliphatic carbocycles. The van der Waals surface area contributed by atoms with E-state index in [1.807, 2.05) is 6.92 Å². The van der Waals surface area contributed by atoms with Gasteiger partial charge in [-0.3, -0.25) is 0 Å². The minimum Gasteiger partial charge on any atom is -0.478 e. The standard InChI is InChI=1S/C11H20O2/c1-6-7-11(4,5)9(3)8(2)10(12)13/h6-7H2,1-5H3,(H,12,13). The van der Waals surface area contributed by atoms with Crippen LogP contribution in [0.25, 0.3) is 0 Å². The van der Waals surface area contributed by atoms with E-state index in [0.717, 1.165) is 18.4 Å². The van der Waals surface area contributed by atoms with Crippen molar-refractivity contribution < 1.29 is 9.90 Å². The molecule has 0 atom stereocenters. The largest absolute Gasteiger partial charge is 0.478 e. The number of hydrogen-bond donors (Lipinski definition) is 1. The first-order valence-electron chi connectivity index (χ1n) is 4.74. The molecule has 0 aromatic rings. The van der Waals surface area contributed by atoms with Gasteiger partial charge < -0.3 is 5.11 Å². The molecule has 0 bridgehead atoms. The Bertz CT molecular complexity index is 224. The van der Waals surface area contributed by atoms with Crippen LogP contribution in [0.1, 0.15) is 47.5 Å². The third-order valence-corrected chi connectivity index (χ3v) is 2.77. The van der Waals surface area contributed by atoms with Gasteiger partial charge in [-0.15, -0.1) is 0 Å². The predicted molar refractivity (Wildman–Crippen MR) is 54.7 cm³/mol. The Morgan fingerprint density at radius 2 is 1.77 bits per heavy atom. The molecule has 0 heterocycles. The van der Waals surface area contributed by atoms with Crippen LogP contribution < -0.4 is 0 Å². The van der Waals surface area contributed by atoms with Gasteiger partial charge in [0.25, 0.3) is 0 Å². The van der Waals surface area contributed by atoms with Crippen molar-refractivity contribution in [2.45, 2.75) is 47.5 Å². The smallest absolute Gasteiger partial charge is 0.331 e. The molecule has 0 aliphatic heterocycles. The van der Waals surface area contributed by atoms with E-state index in [9.17, 15) is 4.79 Å². The molecule has 0 unspecified atom stereocenters. The molecule has 76 valence electrons. The molecule has 0 saturated carbocycles. The second-order valence-corrected chi connectivity index (χ2v) is 4.19. The van der Waals surface area contributed by atoms with Crippen LogP contribution in [0.2, 0.25) is 0 Å². The van der Waals surface area contributed by atoms with Crippen LogP contribution in [0.5, 0.6) is 0 Å². The Hall–Kier alpha value is -0.790. The first-order valence-corrected chi connectivity index (χ1v) is 4.74. The Kier molecular flexibility index (Phi) is 4.18. The summed E-state index contributed by atoms with van der Waals surface area (Å²) in [5.41, 5.74) is 1.48. The predicted octanol–water partition coefficient (Wildman–Crippen LogP) is 3.23. The quantitative estimate of drug-likeness (QED) is 0.681. The molecule has 0 aliphatic rings. The molecule has 0 radical (unpaired) electrons. The van der Waals surface area contributed by atoms with Gasteiger partial charge in [-0.25, -0.2) is 4.79 Å². The SMILES string of the molecule is CCCC(C)(C)C(C)=C(C)C(=O)O. The summed E-state index contributed by atoms with van der Waals surface area (Å²) in [6, 6.07) is 0. The van der Waals surface area contributed by atoms with Gasteiger partial charge >= 0.3 is 5.97 Å². The van der Waals surface area contributed by atoms with Crippen molar-refractivity contribution in [2.75, 3.05) is 0 Å². The zero-order valence-corrected chi connectivity index (χ0v) is 9.27. The minimum absolute atomic E-state index is 0.0111. The lowest BCUT2D eigenvalue weighted by atomic mass is 9.79. The van der Waals surface area contributed by atoms with Gasteiger partial charge in [-0.05, 0) is 25.7 Å². The van der Waals surface area contributed by atoms with E-state index in [2.05, 4.69) is 20.8 Å². The van der Waals surface area contributed by atoms with Gasteiger partial charge in [-0.1, -0.05) is 32.8 Å². The zero-order chi connectivity index (χ0) is 10.6. The lowest BCUT2D eigenvalue weighted by Crippen LogP contribution is -2.16. The van der Waals surface area contributed by atoms with Crippen LogP contribution in [0.15, 0.2) is 11.1 Å². The van der Waals surface area contributed by atoms with E-state index in [4.69, 9.17) is 5.11 Å². The highest BCUT2D eigenvalue weighted by Gasteiger charge is 2.22. The summed E-state index contributed by atoms with van der Waals surface area (Å²) in [6.45, 7) is 9.90. The van der Waals surface area contributed by atoms with Crippen LogP contribution in [0.4, 0.5) is 0 Å². The number of aliphatic carboxylic acids is 1. The third-order valence-electron chi connectivity index (χ3n) is 2.77. The van der Waals surface area contributed by atoms with Gasteiger partial charge in [0, 0.05) is 5.57 Å². The molecular formula is C11H20O2. The lowest BCUT2D eigenvalue weighted by molar-refractivity contribution is -0.132. The van der Waals surface area contributed by atoms with Gasteiger partial charge in [-0.2, -0.15) is 0 Å². The van der Waals surface area contributed by atoms with Crippen molar-refractivity contribution in [2.24, 2.45) is 5.41 Å². The maximum absolute atomic E-state index is 10.7. The van der Waals surface area contributed by atoms with Crippen LogP contribution in [-0.2, 0) is 4.79 Å². The second kappa shape index (κ2) is 4.45. The molecule has 0 saturated heterocycles. The minimum atomic E-state index is -0.804. The highest BCUT2D eigenvalue weighted by molar-refractivity contribution is 5.86. The average molecular weight is 184 g/mol. The van der Waals surface area contributed by atoms with Crippen molar-refractivity contribution in [3.8, 4) is 0 Å². The van der Waals surface area contributed by atoms with Crippen molar-refractivity contribution >= 4 is 5.97 Å². The normalized spacial score (nSPS) is 13.9. The first kappa shape index (κ1) is 12.2. The third kappa shape index (κ3) is 3.21. The number of carboxylic acid groups (broad SMARTS) is 1. The topological polar surface area (TPSA) is 37.3 Å². The van der Waals surface area contributed by atoms with Crippen molar-refractivity contribution in [1.82, 2.24) is 0 Å². The Balaban J connectivity index is 4.84. The van der Waals surface area contributed by atoms with E-state index >= 15 is 0 Å². The molecule has 0 aromatic carbocycles. The number of carbonyl (C=O) groups is 1. The number of allylic oxidation sites excluding steroid dienone is 1. The first-order chi connectivity index (χ1) is 5.83. The summed E-state index contributed by atoms with van der Waals surface area (Å²) in [7, 11) is 0. The summed E-state index contributed by atoms with van der Waals surface area (Å²) in [5, 5.41) is 8.83. The van der Waals surface area contributed by atoms with Crippen LogP contribution in [0.3, 0.4) is 0 Å². The fourth-order valence-corrected chi connectivity index (χ4v) is 1.48. The summed E-state index contributed by atoms with van der Waals surface area (Å²) < 4.78 is 0. The Labute approximate surface area is 80.7 Å². The summed E-state index contributed by atoms with van der Waals surface area (Å²) in [4.78, 5) is 10.7. The number of rotatable bonds is 4. The monoisotopic (exact) mass is 184 g/mol. The number of carboxylic acids is 1. The highest BCUT2D eigenvalue weighted by atomic mass is 16.4. The fourth-order valence-electron chi connectivity index (χ4n) is 1.48. The molecule has 0 rings (SSSR count). The van der Waals surface area contributed by atoms with Gasteiger partial charge in [0.2, 0.25) is 0 Å². The van der Waals surface area contributed by atoms with Crippen LogP contribution in [-0.4, -0.2) is 11.1 Å². The number of hydrogen-bond acceptors (Lipinski definition) is 1. The van der Waals surface area contributed by atoms with Gasteiger partial charge in [0.1, 0.15) is 0 Å². The molecule has 0 aromatic heterocycles. The summed E-state index contributed by atoms with van der Waals surface area (Å²) >= 11 is 0. The highest BCUT2D eigenvalue weighted by Crippen LogP contribution is 2.33. The fraction of sp³-hybridized carbons (Fsp3) is 0.727. The Morgan fingerprint density at radius 1 is 1.31 bits per heavy atom. The second-order valence-electron chi connectivity index (χ2n) is 4.19. The maximum Gasteiger partial charge on any atom is 0.331 e. The van der Waals surface area contributed by atoms with E-state index in [1.54, 1.807) is 6.92 Å². The molecule has 1 N–H and O–H groups in total. The van der Waals surface area contributed by atoms with Crippen molar-refractivity contribution in [3.63, 3.8) is 0 Å². The molecule has 13 heavy (non-hydrogen) atoms. The van der Waals surface area contributed by atoms with E-state index in [1.165, 1.54) is 0 Å². The van der Waals surface area contributed by atoms with Gasteiger partial charge in [0.15, 0.2) is 0 Å². The molecule has 0 spiro atoms. The van der Waals surface area contributed by atoms with E-state index < -0.39 is 5.97 Å². The molecule has 0 amide bonds. The van der Waals surface area contributed by atoms with Crippen molar-refractivity contribution in [3.05, 3.63) is 11.1 Å². The van der Waals surface area contributed by atoms with E-state index in [0.29, 0.717) is 5.57 Å². The zero-order valence-electron chi connectivity index (χ0n) is 9.27. The summed E-state index contributed by atoms with van der Waals surface area (Å²) in [6.07, 6.45) is 2.11. The average Bonchev–Trinajstić information content (AvgIpc) is 2.01. The van der Waals surface area contributed by atoms with Crippen LogP contribution >= 0.6 is 0 Å². The van der Waals surface area contributed by atoms with E-state index in [-0.39, 0.29) is 5.41 Å². The lowest BCUT2D eigenvalue weighted by Gasteiger charge is -2.26. The molecule has 2 nitrogen and oxygen atoms in total. The van der Waals surface area contributed by atoms with Crippen LogP contribution in [0, 0.1) is 5.41 Å². The summed E-state index contributed by atoms with van der Waals surface area (Å²) in [5.74, 6) is -0.804. The Morgan fingerprint density at radius 3 is 2.08 bits per heavy atom. The maximum atomic E-state index is 10.7. The van der Waals surface area contributed by atoms with Gasteiger partial charge in [0.05, 0.1) is 0 Å².